The first-order valence-corrected chi connectivity index (χ1v) is 13.0. The molecule has 0 aliphatic heterocycles. The third-order valence-electron chi connectivity index (χ3n) is 5.06. The molecule has 4 aromatic rings. The van der Waals surface area contributed by atoms with E-state index < -0.39 is 15.5 Å². The fourth-order valence-corrected chi connectivity index (χ4v) is 10.6. The van der Waals surface area contributed by atoms with Crippen LogP contribution in [0.25, 0.3) is 0 Å². The molecule has 0 amide bonds. The Kier molecular flexibility index (Phi) is 5.55. The maximum absolute atomic E-state index is 2.55. The minimum atomic E-state index is -2.55. The van der Waals surface area contributed by atoms with Crippen LogP contribution in [0.2, 0.25) is 0 Å². The van der Waals surface area contributed by atoms with E-state index >= 15 is 0 Å². The van der Waals surface area contributed by atoms with Crippen LogP contribution in [0.15, 0.2) is 97.1 Å². The number of benzene rings is 4. The topological polar surface area (TPSA) is 0 Å². The van der Waals surface area contributed by atoms with Gasteiger partial charge in [-0.25, -0.2) is 0 Å². The number of aryl methyl sites for hydroxylation is 4. The number of hydrogen-bond donors (Lipinski definition) is 0. The summed E-state index contributed by atoms with van der Waals surface area (Å²) in [6, 6.07) is 36.9. The van der Waals surface area contributed by atoms with Gasteiger partial charge in [-0.15, -0.1) is 0 Å². The average Bonchev–Trinajstić information content (AvgIpc) is 2.73. The van der Waals surface area contributed by atoms with Crippen LogP contribution in [0.4, 0.5) is 0 Å². The molecule has 0 aliphatic carbocycles. The van der Waals surface area contributed by atoms with Gasteiger partial charge in [0.05, 0.1) is 0 Å². The van der Waals surface area contributed by atoms with Crippen molar-refractivity contribution in [3.8, 4) is 0 Å². The Morgan fingerprint density at radius 3 is 0.655 bits per heavy atom. The van der Waals surface area contributed by atoms with E-state index in [1.807, 2.05) is 0 Å². The molecule has 150 valence electrons. The van der Waals surface area contributed by atoms with Crippen molar-refractivity contribution in [2.24, 2.45) is 0 Å². The van der Waals surface area contributed by atoms with E-state index in [4.69, 9.17) is 0 Å². The standard InChI is InChI=1S/4C7H7.Pd/c4*1-7-5-3-2-4-6-7;/h4*3-6H,1H3;. The summed E-state index contributed by atoms with van der Waals surface area (Å²) in [5.74, 6) is 0. The van der Waals surface area contributed by atoms with Crippen molar-refractivity contribution in [2.45, 2.75) is 27.7 Å². The summed E-state index contributed by atoms with van der Waals surface area (Å²) in [6.07, 6.45) is 0. The Hall–Kier alpha value is -2.46. The average molecular weight is 471 g/mol. The molecule has 0 aliphatic rings. The molecule has 0 saturated carbocycles. The van der Waals surface area contributed by atoms with Crippen LogP contribution >= 0.6 is 0 Å². The zero-order chi connectivity index (χ0) is 20.4. The van der Waals surface area contributed by atoms with Gasteiger partial charge in [0.1, 0.15) is 0 Å². The molecule has 0 nitrogen and oxygen atoms in total. The number of hydrogen-bond acceptors (Lipinski definition) is 0. The van der Waals surface area contributed by atoms with Crippen molar-refractivity contribution in [1.82, 2.24) is 0 Å². The van der Waals surface area contributed by atoms with Gasteiger partial charge in [0.25, 0.3) is 0 Å². The molecule has 29 heavy (non-hydrogen) atoms. The Morgan fingerprint density at radius 1 is 0.310 bits per heavy atom. The van der Waals surface area contributed by atoms with E-state index in [1.165, 1.54) is 38.4 Å². The SMILES string of the molecule is Cc1cc[c]([Pd]([c]2ccc(C)cc2)([c]2ccc(C)cc2)[c]2ccc(C)cc2)cc1. The summed E-state index contributed by atoms with van der Waals surface area (Å²) in [5.41, 5.74) is 5.20. The molecular formula is C28H28Pd. The molecule has 4 rings (SSSR count). The molecule has 0 aromatic heterocycles. The molecule has 1 heteroatoms. The van der Waals surface area contributed by atoms with Gasteiger partial charge in [0, 0.05) is 0 Å². The zero-order valence-corrected chi connectivity index (χ0v) is 19.1. The van der Waals surface area contributed by atoms with E-state index in [1.54, 1.807) is 0 Å². The number of rotatable bonds is 4. The minimum absolute atomic E-state index is 1.30. The monoisotopic (exact) mass is 470 g/mol. The molecular weight excluding hydrogens is 443 g/mol. The third kappa shape index (κ3) is 3.74. The van der Waals surface area contributed by atoms with Crippen LogP contribution in [-0.2, 0) is 15.5 Å². The van der Waals surface area contributed by atoms with E-state index in [-0.39, 0.29) is 0 Å². The van der Waals surface area contributed by atoms with Crippen molar-refractivity contribution >= 4 is 16.1 Å². The third-order valence-corrected chi connectivity index (χ3v) is 12.5. The summed E-state index contributed by atoms with van der Waals surface area (Å²) < 4.78 is 5.77. The Bertz CT molecular complexity index is 900. The van der Waals surface area contributed by atoms with Crippen molar-refractivity contribution in [2.75, 3.05) is 0 Å². The van der Waals surface area contributed by atoms with Crippen LogP contribution < -0.4 is 16.1 Å². The van der Waals surface area contributed by atoms with E-state index in [0.29, 0.717) is 0 Å². The van der Waals surface area contributed by atoms with Gasteiger partial charge in [-0.3, -0.25) is 0 Å². The van der Waals surface area contributed by atoms with Crippen LogP contribution in [0.5, 0.6) is 0 Å². The Labute approximate surface area is 178 Å². The normalized spacial score (nSPS) is 12.0. The van der Waals surface area contributed by atoms with Gasteiger partial charge in [-0.1, -0.05) is 0 Å². The van der Waals surface area contributed by atoms with Gasteiger partial charge < -0.3 is 0 Å². The van der Waals surface area contributed by atoms with Crippen LogP contribution in [0.1, 0.15) is 22.3 Å². The van der Waals surface area contributed by atoms with Crippen molar-refractivity contribution in [3.05, 3.63) is 119 Å². The van der Waals surface area contributed by atoms with Gasteiger partial charge in [-0.05, 0) is 0 Å². The zero-order valence-electron chi connectivity index (χ0n) is 17.6. The molecule has 0 spiro atoms. The summed E-state index contributed by atoms with van der Waals surface area (Å²) in [7, 11) is 0. The Balaban J connectivity index is 2.11. The predicted molar refractivity (Wildman–Crippen MR) is 123 cm³/mol. The molecule has 0 unspecified atom stereocenters. The summed E-state index contributed by atoms with van der Waals surface area (Å²) in [5, 5.41) is 0. The fourth-order valence-electron chi connectivity index (χ4n) is 3.36. The first-order chi connectivity index (χ1) is 14.0. The molecule has 4 aromatic carbocycles. The first kappa shape index (κ1) is 19.8. The summed E-state index contributed by atoms with van der Waals surface area (Å²) in [4.78, 5) is 0. The predicted octanol–water partition coefficient (Wildman–Crippen LogP) is 4.68. The van der Waals surface area contributed by atoms with Gasteiger partial charge in [0.2, 0.25) is 0 Å². The molecule has 0 heterocycles. The van der Waals surface area contributed by atoms with E-state index in [0.717, 1.165) is 0 Å². The second kappa shape index (κ2) is 8.11. The maximum atomic E-state index is 2.35. The molecule has 0 fully saturated rings. The van der Waals surface area contributed by atoms with Crippen molar-refractivity contribution in [3.63, 3.8) is 0 Å². The van der Waals surface area contributed by atoms with Crippen LogP contribution in [0.3, 0.4) is 0 Å². The Morgan fingerprint density at radius 2 is 0.483 bits per heavy atom. The molecule has 0 bridgehead atoms. The second-order valence-electron chi connectivity index (χ2n) is 7.51. The van der Waals surface area contributed by atoms with Gasteiger partial charge in [-0.2, -0.15) is 0 Å². The van der Waals surface area contributed by atoms with Gasteiger partial charge in [0.15, 0.2) is 0 Å². The molecule has 0 N–H and O–H groups in total. The van der Waals surface area contributed by atoms with Crippen LogP contribution in [0, 0.1) is 27.7 Å². The molecule has 0 saturated heterocycles. The van der Waals surface area contributed by atoms with Crippen molar-refractivity contribution < 1.29 is 15.5 Å². The molecule has 0 atom stereocenters. The quantitative estimate of drug-likeness (QED) is 0.380. The van der Waals surface area contributed by atoms with Crippen LogP contribution in [-0.4, -0.2) is 0 Å². The van der Waals surface area contributed by atoms with Crippen molar-refractivity contribution in [1.29, 1.82) is 0 Å². The molecule has 0 radical (unpaired) electrons. The fraction of sp³-hybridized carbons (Fsp3) is 0.143. The summed E-state index contributed by atoms with van der Waals surface area (Å²) >= 11 is -2.55. The first-order valence-electron chi connectivity index (χ1n) is 9.92. The van der Waals surface area contributed by atoms with E-state index in [2.05, 4.69) is 125 Å². The summed E-state index contributed by atoms with van der Waals surface area (Å²) in [6.45, 7) is 8.66. The second-order valence-corrected chi connectivity index (χ2v) is 13.4. The van der Waals surface area contributed by atoms with Gasteiger partial charge >= 0.3 is 179 Å². The van der Waals surface area contributed by atoms with E-state index in [9.17, 15) is 0 Å².